The lowest BCUT2D eigenvalue weighted by atomic mass is 10.3. The van der Waals surface area contributed by atoms with Crippen LogP contribution in [-0.2, 0) is 10.0 Å². The second kappa shape index (κ2) is 8.11. The average Bonchev–Trinajstić information content (AvgIpc) is 2.36. The molecule has 0 unspecified atom stereocenters. The molecule has 1 aromatic rings. The molecular weight excluding hydrogens is 276 g/mol. The van der Waals surface area contributed by atoms with Crippen molar-refractivity contribution < 1.29 is 13.2 Å². The number of rotatable bonds is 9. The summed E-state index contributed by atoms with van der Waals surface area (Å²) in [5, 5.41) is 3.07. The molecule has 114 valence electrons. The fraction of sp³-hybridized carbons (Fsp3) is 0.571. The summed E-state index contributed by atoms with van der Waals surface area (Å²) in [4.78, 5) is 0. The van der Waals surface area contributed by atoms with E-state index in [0.29, 0.717) is 12.2 Å². The smallest absolute Gasteiger partial charge is 0.233 e. The van der Waals surface area contributed by atoms with Gasteiger partial charge in [-0.25, -0.2) is 8.42 Å². The Hall–Kier alpha value is -1.27. The predicted octanol–water partition coefficient (Wildman–Crippen LogP) is 2.22. The summed E-state index contributed by atoms with van der Waals surface area (Å²) >= 11 is 0. The average molecular weight is 300 g/mol. The number of anilines is 1. The maximum absolute atomic E-state index is 11.8. The molecule has 0 aliphatic carbocycles. The van der Waals surface area contributed by atoms with Gasteiger partial charge in [0.2, 0.25) is 10.0 Å². The molecule has 1 rings (SSSR count). The van der Waals surface area contributed by atoms with Crippen LogP contribution >= 0.6 is 0 Å². The zero-order chi connectivity index (χ0) is 15.0. The van der Waals surface area contributed by atoms with Gasteiger partial charge in [-0.1, -0.05) is 6.92 Å². The molecule has 0 saturated carbocycles. The van der Waals surface area contributed by atoms with Gasteiger partial charge in [-0.2, -0.15) is 0 Å². The van der Waals surface area contributed by atoms with Crippen LogP contribution in [0.1, 0.15) is 27.2 Å². The summed E-state index contributed by atoms with van der Waals surface area (Å²) in [5.74, 6) is 0.796. The highest BCUT2D eigenvalue weighted by Gasteiger charge is 2.09. The van der Waals surface area contributed by atoms with Crippen LogP contribution in [0.15, 0.2) is 24.3 Å². The van der Waals surface area contributed by atoms with E-state index in [4.69, 9.17) is 4.74 Å². The van der Waals surface area contributed by atoms with Crippen LogP contribution in [0.25, 0.3) is 0 Å². The van der Waals surface area contributed by atoms with Gasteiger partial charge in [0.15, 0.2) is 0 Å². The fourth-order valence-electron chi connectivity index (χ4n) is 1.61. The van der Waals surface area contributed by atoms with Crippen LogP contribution < -0.4 is 14.8 Å². The molecule has 20 heavy (non-hydrogen) atoms. The van der Waals surface area contributed by atoms with E-state index in [9.17, 15) is 8.42 Å². The van der Waals surface area contributed by atoms with Crippen LogP contribution in [0.4, 0.5) is 5.69 Å². The molecular formula is C14H24N2O3S. The molecule has 2 N–H and O–H groups in total. The Balaban J connectivity index is 2.50. The van der Waals surface area contributed by atoms with Gasteiger partial charge in [-0.3, -0.25) is 4.72 Å². The molecule has 0 aromatic heterocycles. The SMILES string of the molecule is CCCNCCS(=O)(=O)Nc1ccc(OC(C)C)cc1. The predicted molar refractivity (Wildman–Crippen MR) is 82.8 cm³/mol. The number of nitrogens with one attached hydrogen (secondary N) is 2. The fourth-order valence-corrected chi connectivity index (χ4v) is 2.62. The van der Waals surface area contributed by atoms with Crippen LogP contribution in [0.2, 0.25) is 0 Å². The summed E-state index contributed by atoms with van der Waals surface area (Å²) in [6.45, 7) is 7.22. The Morgan fingerprint density at radius 1 is 1.15 bits per heavy atom. The van der Waals surface area contributed by atoms with E-state index in [0.717, 1.165) is 18.7 Å². The molecule has 0 radical (unpaired) electrons. The normalized spacial score (nSPS) is 11.6. The van der Waals surface area contributed by atoms with Crippen molar-refractivity contribution in [2.75, 3.05) is 23.6 Å². The van der Waals surface area contributed by atoms with Gasteiger partial charge in [0.1, 0.15) is 5.75 Å². The zero-order valence-electron chi connectivity index (χ0n) is 12.3. The Bertz CT molecular complexity index is 484. The van der Waals surface area contributed by atoms with Crippen molar-refractivity contribution in [3.8, 4) is 5.75 Å². The maximum Gasteiger partial charge on any atom is 0.233 e. The second-order valence-corrected chi connectivity index (χ2v) is 6.70. The van der Waals surface area contributed by atoms with Crippen molar-refractivity contribution >= 4 is 15.7 Å². The number of sulfonamides is 1. The summed E-state index contributed by atoms with van der Waals surface area (Å²) in [7, 11) is -3.30. The van der Waals surface area contributed by atoms with Gasteiger partial charge in [0.05, 0.1) is 11.9 Å². The van der Waals surface area contributed by atoms with E-state index in [1.165, 1.54) is 0 Å². The molecule has 6 heteroatoms. The van der Waals surface area contributed by atoms with E-state index in [1.54, 1.807) is 24.3 Å². The topological polar surface area (TPSA) is 67.4 Å². The lowest BCUT2D eigenvalue weighted by Crippen LogP contribution is -2.27. The number of hydrogen-bond acceptors (Lipinski definition) is 4. The Kier molecular flexibility index (Phi) is 6.81. The second-order valence-electron chi connectivity index (χ2n) is 4.86. The monoisotopic (exact) mass is 300 g/mol. The Morgan fingerprint density at radius 3 is 2.35 bits per heavy atom. The van der Waals surface area contributed by atoms with Gasteiger partial charge >= 0.3 is 0 Å². The summed E-state index contributed by atoms with van der Waals surface area (Å²) in [6.07, 6.45) is 1.09. The first kappa shape index (κ1) is 16.8. The highest BCUT2D eigenvalue weighted by Crippen LogP contribution is 2.17. The maximum atomic E-state index is 11.8. The summed E-state index contributed by atoms with van der Waals surface area (Å²) in [6, 6.07) is 6.92. The van der Waals surface area contributed by atoms with Crippen LogP contribution in [0.5, 0.6) is 5.75 Å². The molecule has 0 aliphatic rings. The van der Waals surface area contributed by atoms with Crippen LogP contribution in [0, 0.1) is 0 Å². The molecule has 0 saturated heterocycles. The quantitative estimate of drug-likeness (QED) is 0.686. The van der Waals surface area contributed by atoms with Crippen molar-refractivity contribution in [3.05, 3.63) is 24.3 Å². The highest BCUT2D eigenvalue weighted by atomic mass is 32.2. The standard InChI is InChI=1S/C14H24N2O3S/c1-4-9-15-10-11-20(17,18)16-13-5-7-14(8-6-13)19-12(2)3/h5-8,12,15-16H,4,9-11H2,1-3H3. The third-order valence-electron chi connectivity index (χ3n) is 2.47. The lowest BCUT2D eigenvalue weighted by molar-refractivity contribution is 0.242. The van der Waals surface area contributed by atoms with Crippen molar-refractivity contribution in [2.45, 2.75) is 33.3 Å². The van der Waals surface area contributed by atoms with Gasteiger partial charge < -0.3 is 10.1 Å². The van der Waals surface area contributed by atoms with E-state index in [1.807, 2.05) is 20.8 Å². The number of benzene rings is 1. The lowest BCUT2D eigenvalue weighted by Gasteiger charge is -2.11. The first-order valence-electron chi connectivity index (χ1n) is 6.91. The van der Waals surface area contributed by atoms with Crippen molar-refractivity contribution in [3.63, 3.8) is 0 Å². The minimum Gasteiger partial charge on any atom is -0.491 e. The van der Waals surface area contributed by atoms with E-state index >= 15 is 0 Å². The van der Waals surface area contributed by atoms with E-state index in [-0.39, 0.29) is 11.9 Å². The summed E-state index contributed by atoms with van der Waals surface area (Å²) in [5.41, 5.74) is 0.552. The highest BCUT2D eigenvalue weighted by molar-refractivity contribution is 7.92. The zero-order valence-corrected chi connectivity index (χ0v) is 13.2. The summed E-state index contributed by atoms with van der Waals surface area (Å²) < 4.78 is 31.7. The van der Waals surface area contributed by atoms with Crippen LogP contribution in [-0.4, -0.2) is 33.4 Å². The first-order valence-corrected chi connectivity index (χ1v) is 8.56. The molecule has 0 amide bonds. The molecule has 1 aromatic carbocycles. The third-order valence-corrected chi connectivity index (χ3v) is 3.76. The molecule has 0 spiro atoms. The van der Waals surface area contributed by atoms with Gasteiger partial charge in [0, 0.05) is 12.2 Å². The largest absolute Gasteiger partial charge is 0.491 e. The third kappa shape index (κ3) is 6.77. The van der Waals surface area contributed by atoms with Crippen molar-refractivity contribution in [1.82, 2.24) is 5.32 Å². The van der Waals surface area contributed by atoms with Crippen molar-refractivity contribution in [1.29, 1.82) is 0 Å². The molecule has 0 aliphatic heterocycles. The molecule has 0 heterocycles. The van der Waals surface area contributed by atoms with Gasteiger partial charge in [-0.05, 0) is 51.1 Å². The Labute approximate surface area is 121 Å². The molecule has 0 fully saturated rings. The molecule has 5 nitrogen and oxygen atoms in total. The van der Waals surface area contributed by atoms with Crippen molar-refractivity contribution in [2.24, 2.45) is 0 Å². The minimum atomic E-state index is -3.30. The molecule has 0 atom stereocenters. The van der Waals surface area contributed by atoms with E-state index in [2.05, 4.69) is 10.0 Å². The van der Waals surface area contributed by atoms with Gasteiger partial charge in [0.25, 0.3) is 0 Å². The molecule has 0 bridgehead atoms. The van der Waals surface area contributed by atoms with Gasteiger partial charge in [-0.15, -0.1) is 0 Å². The number of ether oxygens (including phenoxy) is 1. The van der Waals surface area contributed by atoms with Crippen LogP contribution in [0.3, 0.4) is 0 Å². The number of hydrogen-bond donors (Lipinski definition) is 2. The minimum absolute atomic E-state index is 0.0667. The first-order chi connectivity index (χ1) is 9.43. The van der Waals surface area contributed by atoms with E-state index < -0.39 is 10.0 Å². The Morgan fingerprint density at radius 2 is 1.80 bits per heavy atom.